The number of carboxylic acids is 2. The smallest absolute Gasteiger partial charge is 0.314 e. The van der Waals surface area contributed by atoms with Crippen LogP contribution in [-0.4, -0.2) is 33.7 Å². The first-order chi connectivity index (χ1) is 8.18. The molecule has 0 aromatic carbocycles. The van der Waals surface area contributed by atoms with E-state index in [0.29, 0.717) is 0 Å². The molecule has 0 bridgehead atoms. The Morgan fingerprint density at radius 2 is 1.39 bits per heavy atom. The number of carbonyl (C=O) groups is 4. The highest BCUT2D eigenvalue weighted by Gasteiger charge is 2.31. The minimum atomic E-state index is -1.22. The largest absolute Gasteiger partial charge is 0.481 e. The Hall–Kier alpha value is -1.72. The van der Waals surface area contributed by atoms with Crippen LogP contribution < -0.4 is 0 Å². The third-order valence-corrected chi connectivity index (χ3v) is 2.97. The summed E-state index contributed by atoms with van der Waals surface area (Å²) in [6, 6.07) is 0. The number of rotatable bonds is 8. The number of hydrogen-bond acceptors (Lipinski definition) is 4. The maximum Gasteiger partial charge on any atom is 0.314 e. The van der Waals surface area contributed by atoms with E-state index in [1.165, 1.54) is 13.8 Å². The molecule has 2 N–H and O–H groups in total. The summed E-state index contributed by atoms with van der Waals surface area (Å²) in [4.78, 5) is 43.9. The molecule has 0 aromatic rings. The van der Waals surface area contributed by atoms with Crippen LogP contribution in [0.15, 0.2) is 0 Å². The monoisotopic (exact) mass is 258 g/mol. The predicted molar refractivity (Wildman–Crippen MR) is 62.0 cm³/mol. The van der Waals surface area contributed by atoms with Crippen molar-refractivity contribution in [3.63, 3.8) is 0 Å². The molecule has 0 aliphatic carbocycles. The summed E-state index contributed by atoms with van der Waals surface area (Å²) in [5.74, 6) is -6.15. The first kappa shape index (κ1) is 16.3. The number of Topliss-reactive ketones (excluding diaryl/α,β-unsaturated/α-hetero) is 2. The molecule has 0 spiro atoms. The zero-order valence-electron chi connectivity index (χ0n) is 10.7. The van der Waals surface area contributed by atoms with Crippen LogP contribution in [0.1, 0.15) is 33.6 Å². The van der Waals surface area contributed by atoms with E-state index in [1.807, 2.05) is 0 Å². The molecule has 6 heteroatoms. The van der Waals surface area contributed by atoms with Crippen molar-refractivity contribution in [1.82, 2.24) is 0 Å². The molecular weight excluding hydrogens is 240 g/mol. The quantitative estimate of drug-likeness (QED) is 0.628. The molecule has 102 valence electrons. The lowest BCUT2D eigenvalue weighted by Gasteiger charge is -2.18. The lowest BCUT2D eigenvalue weighted by Crippen LogP contribution is -2.30. The summed E-state index contributed by atoms with van der Waals surface area (Å²) in [5, 5.41) is 17.7. The first-order valence-electron chi connectivity index (χ1n) is 5.65. The average Bonchev–Trinajstić information content (AvgIpc) is 2.14. The number of carboxylic acid groups (broad SMARTS) is 2. The Morgan fingerprint density at radius 3 is 1.67 bits per heavy atom. The van der Waals surface area contributed by atoms with Crippen LogP contribution in [0, 0.1) is 17.8 Å². The predicted octanol–water partition coefficient (Wildman–Crippen LogP) is 0.982. The molecule has 0 saturated carbocycles. The van der Waals surface area contributed by atoms with E-state index in [1.54, 1.807) is 6.92 Å². The highest BCUT2D eigenvalue weighted by Crippen LogP contribution is 2.22. The maximum absolute atomic E-state index is 11.2. The summed E-state index contributed by atoms with van der Waals surface area (Å²) in [7, 11) is 0. The summed E-state index contributed by atoms with van der Waals surface area (Å²) >= 11 is 0. The van der Waals surface area contributed by atoms with E-state index >= 15 is 0 Å². The normalized spacial score (nSPS) is 15.5. The zero-order chi connectivity index (χ0) is 14.5. The fourth-order valence-corrected chi connectivity index (χ4v) is 1.91. The van der Waals surface area contributed by atoms with Gasteiger partial charge in [0.25, 0.3) is 0 Å². The van der Waals surface area contributed by atoms with Crippen LogP contribution in [0.4, 0.5) is 0 Å². The molecule has 3 atom stereocenters. The van der Waals surface area contributed by atoms with Gasteiger partial charge in [-0.2, -0.15) is 0 Å². The lowest BCUT2D eigenvalue weighted by atomic mass is 9.84. The number of hydrogen-bond donors (Lipinski definition) is 2. The van der Waals surface area contributed by atoms with E-state index in [-0.39, 0.29) is 12.8 Å². The second-order valence-electron chi connectivity index (χ2n) is 4.48. The van der Waals surface area contributed by atoms with Gasteiger partial charge in [0.2, 0.25) is 0 Å². The molecule has 0 aliphatic heterocycles. The minimum absolute atomic E-state index is 0.0445. The highest BCUT2D eigenvalue weighted by atomic mass is 16.4. The molecule has 0 saturated heterocycles. The highest BCUT2D eigenvalue weighted by molar-refractivity contribution is 5.97. The SMILES string of the molecule is CC(=O)C(CCC(C)C(C(C)=O)C(=O)O)C(=O)O. The second kappa shape index (κ2) is 6.88. The van der Waals surface area contributed by atoms with Crippen LogP contribution in [0.3, 0.4) is 0 Å². The number of ketones is 2. The van der Waals surface area contributed by atoms with E-state index in [9.17, 15) is 19.2 Å². The van der Waals surface area contributed by atoms with Gasteiger partial charge in [-0.25, -0.2) is 0 Å². The fourth-order valence-electron chi connectivity index (χ4n) is 1.91. The molecule has 0 heterocycles. The van der Waals surface area contributed by atoms with Gasteiger partial charge in [-0.1, -0.05) is 6.92 Å². The molecule has 3 unspecified atom stereocenters. The van der Waals surface area contributed by atoms with Crippen LogP contribution >= 0.6 is 0 Å². The van der Waals surface area contributed by atoms with E-state index < -0.39 is 41.3 Å². The van der Waals surface area contributed by atoms with Crippen LogP contribution in [0.5, 0.6) is 0 Å². The Balaban J connectivity index is 4.60. The van der Waals surface area contributed by atoms with Gasteiger partial charge in [-0.3, -0.25) is 19.2 Å². The molecule has 18 heavy (non-hydrogen) atoms. The summed E-state index contributed by atoms with van der Waals surface area (Å²) in [6.07, 6.45) is 0.246. The molecule has 0 fully saturated rings. The summed E-state index contributed by atoms with van der Waals surface area (Å²) in [5.41, 5.74) is 0. The standard InChI is InChI=1S/C12H18O6/c1-6(10(8(3)14)12(17)18)4-5-9(7(2)13)11(15)16/h6,9-10H,4-5H2,1-3H3,(H,15,16)(H,17,18). The first-order valence-corrected chi connectivity index (χ1v) is 5.65. The summed E-state index contributed by atoms with van der Waals surface area (Å²) in [6.45, 7) is 3.94. The molecule has 0 radical (unpaired) electrons. The van der Waals surface area contributed by atoms with Crippen LogP contribution in [-0.2, 0) is 19.2 Å². The van der Waals surface area contributed by atoms with Gasteiger partial charge in [0.1, 0.15) is 23.4 Å². The number of carbonyl (C=O) groups excluding carboxylic acids is 2. The molecule has 0 amide bonds. The minimum Gasteiger partial charge on any atom is -0.481 e. The van der Waals surface area contributed by atoms with Crippen molar-refractivity contribution < 1.29 is 29.4 Å². The van der Waals surface area contributed by atoms with Gasteiger partial charge in [0.05, 0.1) is 0 Å². The fraction of sp³-hybridized carbons (Fsp3) is 0.667. The molecule has 0 aliphatic rings. The van der Waals surface area contributed by atoms with Crippen LogP contribution in [0.2, 0.25) is 0 Å². The maximum atomic E-state index is 11.2. The Morgan fingerprint density at radius 1 is 0.889 bits per heavy atom. The van der Waals surface area contributed by atoms with Crippen molar-refractivity contribution in [2.24, 2.45) is 17.8 Å². The average molecular weight is 258 g/mol. The Labute approximate surface area is 105 Å². The van der Waals surface area contributed by atoms with Crippen LogP contribution in [0.25, 0.3) is 0 Å². The van der Waals surface area contributed by atoms with E-state index in [0.717, 1.165) is 0 Å². The van der Waals surface area contributed by atoms with Gasteiger partial charge in [0.15, 0.2) is 0 Å². The third kappa shape index (κ3) is 4.65. The lowest BCUT2D eigenvalue weighted by molar-refractivity contribution is -0.147. The van der Waals surface area contributed by atoms with Crippen molar-refractivity contribution >= 4 is 23.5 Å². The van der Waals surface area contributed by atoms with Gasteiger partial charge in [-0.15, -0.1) is 0 Å². The van der Waals surface area contributed by atoms with Crippen molar-refractivity contribution in [3.05, 3.63) is 0 Å². The van der Waals surface area contributed by atoms with Gasteiger partial charge in [-0.05, 0) is 32.6 Å². The topological polar surface area (TPSA) is 109 Å². The zero-order valence-corrected chi connectivity index (χ0v) is 10.7. The molecule has 0 aromatic heterocycles. The van der Waals surface area contributed by atoms with E-state index in [4.69, 9.17) is 10.2 Å². The number of aliphatic carboxylic acids is 2. The van der Waals surface area contributed by atoms with E-state index in [2.05, 4.69) is 0 Å². The van der Waals surface area contributed by atoms with Crippen molar-refractivity contribution in [1.29, 1.82) is 0 Å². The van der Waals surface area contributed by atoms with Crippen molar-refractivity contribution in [2.75, 3.05) is 0 Å². The Bertz CT molecular complexity index is 332. The van der Waals surface area contributed by atoms with Crippen molar-refractivity contribution in [2.45, 2.75) is 33.6 Å². The summed E-state index contributed by atoms with van der Waals surface area (Å²) < 4.78 is 0. The van der Waals surface area contributed by atoms with Gasteiger partial charge < -0.3 is 10.2 Å². The van der Waals surface area contributed by atoms with Gasteiger partial charge >= 0.3 is 11.9 Å². The molecule has 6 nitrogen and oxygen atoms in total. The molecule has 0 rings (SSSR count). The third-order valence-electron chi connectivity index (χ3n) is 2.97. The van der Waals surface area contributed by atoms with Gasteiger partial charge in [0, 0.05) is 0 Å². The molecular formula is C12H18O6. The van der Waals surface area contributed by atoms with Crippen molar-refractivity contribution in [3.8, 4) is 0 Å². The second-order valence-corrected chi connectivity index (χ2v) is 4.48. The Kier molecular flexibility index (Phi) is 6.22.